The van der Waals surface area contributed by atoms with E-state index in [9.17, 15) is 4.79 Å². The number of hydrogen-bond donors (Lipinski definition) is 2. The number of rotatable bonds is 5. The topological polar surface area (TPSA) is 62.2 Å². The third-order valence-electron chi connectivity index (χ3n) is 2.51. The zero-order valence-electron chi connectivity index (χ0n) is 10.0. The van der Waals surface area contributed by atoms with E-state index in [2.05, 4.69) is 15.7 Å². The average molecular weight is 262 g/mol. The van der Waals surface area contributed by atoms with Crippen LogP contribution in [0.5, 0.6) is 0 Å². The summed E-state index contributed by atoms with van der Waals surface area (Å²) in [5.74, 6) is -0.903. The maximum atomic E-state index is 10.7. The highest BCUT2D eigenvalue weighted by molar-refractivity contribution is 7.09. The first-order valence-electron chi connectivity index (χ1n) is 5.63. The van der Waals surface area contributed by atoms with Crippen molar-refractivity contribution in [2.45, 2.75) is 13.3 Å². The van der Waals surface area contributed by atoms with Crippen LogP contribution in [0.15, 0.2) is 29.6 Å². The normalized spacial score (nSPS) is 10.3. The third-order valence-corrected chi connectivity index (χ3v) is 3.33. The number of hydrogen-bond acceptors (Lipinski definition) is 4. The highest BCUT2D eigenvalue weighted by Crippen LogP contribution is 2.11. The number of benzene rings is 1. The number of carboxylic acids is 1. The van der Waals surface area contributed by atoms with Gasteiger partial charge in [-0.05, 0) is 31.2 Å². The molecule has 4 nitrogen and oxygen atoms in total. The standard InChI is InChI=1S/C13H14N2O2S/c1-9-15-12(8-18-9)6-7-14-11-4-2-10(3-5-11)13(16)17/h2-5,8,14H,6-7H2,1H3,(H,16,17). The quantitative estimate of drug-likeness (QED) is 0.869. The Hall–Kier alpha value is -1.88. The van der Waals surface area contributed by atoms with E-state index in [0.29, 0.717) is 5.56 Å². The molecule has 1 heterocycles. The van der Waals surface area contributed by atoms with E-state index in [0.717, 1.165) is 29.4 Å². The number of carboxylic acid groups (broad SMARTS) is 1. The van der Waals surface area contributed by atoms with Crippen LogP contribution in [0, 0.1) is 6.92 Å². The Kier molecular flexibility index (Phi) is 3.94. The molecule has 0 saturated carbocycles. The summed E-state index contributed by atoms with van der Waals surface area (Å²) >= 11 is 1.65. The molecule has 0 aliphatic rings. The molecule has 0 radical (unpaired) electrons. The van der Waals surface area contributed by atoms with Gasteiger partial charge in [-0.2, -0.15) is 0 Å². The van der Waals surface area contributed by atoms with Gasteiger partial charge in [-0.1, -0.05) is 0 Å². The number of anilines is 1. The van der Waals surface area contributed by atoms with Crippen molar-refractivity contribution in [3.63, 3.8) is 0 Å². The Morgan fingerprint density at radius 3 is 2.67 bits per heavy atom. The number of aryl methyl sites for hydroxylation is 1. The monoisotopic (exact) mass is 262 g/mol. The van der Waals surface area contributed by atoms with Crippen LogP contribution in [0.25, 0.3) is 0 Å². The summed E-state index contributed by atoms with van der Waals surface area (Å²) in [5.41, 5.74) is 2.31. The van der Waals surface area contributed by atoms with E-state index in [-0.39, 0.29) is 0 Å². The van der Waals surface area contributed by atoms with Crippen molar-refractivity contribution in [2.75, 3.05) is 11.9 Å². The van der Waals surface area contributed by atoms with Crippen LogP contribution in [-0.4, -0.2) is 22.6 Å². The SMILES string of the molecule is Cc1nc(CCNc2ccc(C(=O)O)cc2)cs1. The molecule has 0 saturated heterocycles. The number of nitrogens with one attached hydrogen (secondary N) is 1. The molecule has 0 aliphatic carbocycles. The molecule has 1 aromatic carbocycles. The minimum absolute atomic E-state index is 0.302. The lowest BCUT2D eigenvalue weighted by Crippen LogP contribution is -2.05. The summed E-state index contributed by atoms with van der Waals surface area (Å²) in [4.78, 5) is 15.1. The fourth-order valence-electron chi connectivity index (χ4n) is 1.59. The molecule has 2 rings (SSSR count). The molecule has 0 bridgehead atoms. The molecule has 0 aliphatic heterocycles. The van der Waals surface area contributed by atoms with Crippen LogP contribution in [0.1, 0.15) is 21.1 Å². The second-order valence-corrected chi connectivity index (χ2v) is 4.98. The molecule has 2 aromatic rings. The second kappa shape index (κ2) is 5.64. The van der Waals surface area contributed by atoms with Crippen molar-refractivity contribution in [1.29, 1.82) is 0 Å². The zero-order valence-corrected chi connectivity index (χ0v) is 10.8. The molecule has 2 N–H and O–H groups in total. The van der Waals surface area contributed by atoms with Gasteiger partial charge in [-0.15, -0.1) is 11.3 Å². The molecule has 0 unspecified atom stereocenters. The van der Waals surface area contributed by atoms with Gasteiger partial charge in [0.1, 0.15) is 0 Å². The van der Waals surface area contributed by atoms with Crippen molar-refractivity contribution >= 4 is 23.0 Å². The lowest BCUT2D eigenvalue weighted by atomic mass is 10.2. The Bertz CT molecular complexity index is 534. The first kappa shape index (κ1) is 12.6. The van der Waals surface area contributed by atoms with Gasteiger partial charge in [0.2, 0.25) is 0 Å². The summed E-state index contributed by atoms with van der Waals surface area (Å²) < 4.78 is 0. The predicted molar refractivity (Wildman–Crippen MR) is 72.4 cm³/mol. The molecule has 5 heteroatoms. The lowest BCUT2D eigenvalue weighted by molar-refractivity contribution is 0.0697. The van der Waals surface area contributed by atoms with Crippen LogP contribution in [0.2, 0.25) is 0 Å². The predicted octanol–water partition coefficient (Wildman–Crippen LogP) is 2.80. The summed E-state index contributed by atoms with van der Waals surface area (Å²) in [7, 11) is 0. The van der Waals surface area contributed by atoms with Gasteiger partial charge in [-0.25, -0.2) is 9.78 Å². The lowest BCUT2D eigenvalue weighted by Gasteiger charge is -2.05. The average Bonchev–Trinajstić information content (AvgIpc) is 2.76. The second-order valence-electron chi connectivity index (χ2n) is 3.92. The molecular formula is C13H14N2O2S. The Labute approximate surface area is 109 Å². The van der Waals surface area contributed by atoms with Gasteiger partial charge in [0.05, 0.1) is 16.3 Å². The van der Waals surface area contributed by atoms with Crippen molar-refractivity contribution in [3.05, 3.63) is 45.9 Å². The minimum atomic E-state index is -0.903. The van der Waals surface area contributed by atoms with Gasteiger partial charge < -0.3 is 10.4 Å². The van der Waals surface area contributed by atoms with Crippen LogP contribution < -0.4 is 5.32 Å². The van der Waals surface area contributed by atoms with Crippen LogP contribution in [-0.2, 0) is 6.42 Å². The minimum Gasteiger partial charge on any atom is -0.478 e. The number of nitrogens with zero attached hydrogens (tertiary/aromatic N) is 1. The summed E-state index contributed by atoms with van der Waals surface area (Å²) in [6, 6.07) is 6.74. The summed E-state index contributed by atoms with van der Waals surface area (Å²) in [6.45, 7) is 2.78. The molecule has 0 spiro atoms. The molecule has 1 aromatic heterocycles. The fourth-order valence-corrected chi connectivity index (χ4v) is 2.24. The maximum Gasteiger partial charge on any atom is 0.335 e. The maximum absolute atomic E-state index is 10.7. The third kappa shape index (κ3) is 3.30. The molecule has 0 fully saturated rings. The zero-order chi connectivity index (χ0) is 13.0. The highest BCUT2D eigenvalue weighted by atomic mass is 32.1. The first-order valence-corrected chi connectivity index (χ1v) is 6.51. The summed E-state index contributed by atoms with van der Waals surface area (Å²) in [5, 5.41) is 15.2. The van der Waals surface area contributed by atoms with Gasteiger partial charge in [0.25, 0.3) is 0 Å². The van der Waals surface area contributed by atoms with Crippen LogP contribution in [0.3, 0.4) is 0 Å². The van der Waals surface area contributed by atoms with E-state index in [1.54, 1.807) is 35.6 Å². The van der Waals surface area contributed by atoms with E-state index < -0.39 is 5.97 Å². The smallest absolute Gasteiger partial charge is 0.335 e. The largest absolute Gasteiger partial charge is 0.478 e. The van der Waals surface area contributed by atoms with Gasteiger partial charge in [0.15, 0.2) is 0 Å². The molecular weight excluding hydrogens is 248 g/mol. The Morgan fingerprint density at radius 1 is 1.39 bits per heavy atom. The van der Waals surface area contributed by atoms with E-state index in [1.165, 1.54) is 0 Å². The number of aromatic nitrogens is 1. The van der Waals surface area contributed by atoms with Gasteiger partial charge >= 0.3 is 5.97 Å². The van der Waals surface area contributed by atoms with Crippen LogP contribution >= 0.6 is 11.3 Å². The van der Waals surface area contributed by atoms with E-state index in [4.69, 9.17) is 5.11 Å². The highest BCUT2D eigenvalue weighted by Gasteiger charge is 2.02. The Morgan fingerprint density at radius 2 is 2.11 bits per heavy atom. The van der Waals surface area contributed by atoms with Crippen molar-refractivity contribution in [1.82, 2.24) is 4.98 Å². The van der Waals surface area contributed by atoms with Gasteiger partial charge in [-0.3, -0.25) is 0 Å². The molecule has 0 amide bonds. The molecule has 0 atom stereocenters. The number of carbonyl (C=O) groups is 1. The fraction of sp³-hybridized carbons (Fsp3) is 0.231. The number of thiazole rings is 1. The van der Waals surface area contributed by atoms with Crippen molar-refractivity contribution in [3.8, 4) is 0 Å². The van der Waals surface area contributed by atoms with E-state index in [1.807, 2.05) is 6.92 Å². The summed E-state index contributed by atoms with van der Waals surface area (Å²) in [6.07, 6.45) is 0.866. The molecule has 18 heavy (non-hydrogen) atoms. The number of aromatic carboxylic acids is 1. The van der Waals surface area contributed by atoms with Crippen molar-refractivity contribution < 1.29 is 9.90 Å². The Balaban J connectivity index is 1.85. The first-order chi connectivity index (χ1) is 8.65. The molecule has 94 valence electrons. The van der Waals surface area contributed by atoms with E-state index >= 15 is 0 Å². The van der Waals surface area contributed by atoms with Gasteiger partial charge in [0, 0.05) is 24.0 Å². The van der Waals surface area contributed by atoms with Crippen LogP contribution in [0.4, 0.5) is 5.69 Å². The van der Waals surface area contributed by atoms with Crippen molar-refractivity contribution in [2.24, 2.45) is 0 Å².